The first-order chi connectivity index (χ1) is 14.0. The summed E-state index contributed by atoms with van der Waals surface area (Å²) in [6.07, 6.45) is 5.87. The zero-order chi connectivity index (χ0) is 20.3. The van der Waals surface area contributed by atoms with Gasteiger partial charge in [0.25, 0.3) is 0 Å². The van der Waals surface area contributed by atoms with Gasteiger partial charge in [-0.1, -0.05) is 6.07 Å². The van der Waals surface area contributed by atoms with Crippen LogP contribution in [0.5, 0.6) is 0 Å². The van der Waals surface area contributed by atoms with Gasteiger partial charge in [0.05, 0.1) is 24.2 Å². The maximum Gasteiger partial charge on any atom is 0.243 e. The summed E-state index contributed by atoms with van der Waals surface area (Å²) < 4.78 is 32.8. The van der Waals surface area contributed by atoms with E-state index >= 15 is 0 Å². The van der Waals surface area contributed by atoms with E-state index in [2.05, 4.69) is 5.32 Å². The molecule has 2 aromatic rings. The first kappa shape index (κ1) is 20.1. The Morgan fingerprint density at radius 2 is 1.79 bits per heavy atom. The molecule has 1 aliphatic carbocycles. The van der Waals surface area contributed by atoms with Crippen LogP contribution in [-0.4, -0.2) is 56.3 Å². The number of benzene rings is 1. The molecule has 0 atom stereocenters. The van der Waals surface area contributed by atoms with E-state index in [1.54, 1.807) is 18.4 Å². The fourth-order valence-electron chi connectivity index (χ4n) is 4.01. The SMILES string of the molecule is O=C(CN1CCN(S(=O)(=O)c2ccc3c(c2)CCCC3)CC1)NCc1ccco1. The highest BCUT2D eigenvalue weighted by Gasteiger charge is 2.29. The molecule has 1 amide bonds. The van der Waals surface area contributed by atoms with Crippen LogP contribution in [0.4, 0.5) is 0 Å². The molecule has 156 valence electrons. The highest BCUT2D eigenvalue weighted by molar-refractivity contribution is 7.89. The van der Waals surface area contributed by atoms with Gasteiger partial charge in [-0.15, -0.1) is 0 Å². The molecule has 8 heteroatoms. The van der Waals surface area contributed by atoms with Gasteiger partial charge in [0.2, 0.25) is 15.9 Å². The van der Waals surface area contributed by atoms with Crippen molar-refractivity contribution in [3.05, 3.63) is 53.5 Å². The number of amides is 1. The molecule has 7 nitrogen and oxygen atoms in total. The van der Waals surface area contributed by atoms with E-state index in [0.717, 1.165) is 19.3 Å². The molecule has 1 N–H and O–H groups in total. The third kappa shape index (κ3) is 4.71. The number of fused-ring (bicyclic) bond motifs is 1. The lowest BCUT2D eigenvalue weighted by Crippen LogP contribution is -2.51. The molecule has 1 aliphatic heterocycles. The van der Waals surface area contributed by atoms with Crippen LogP contribution < -0.4 is 5.32 Å². The maximum absolute atomic E-state index is 13.1. The predicted octanol–water partition coefficient (Wildman–Crippen LogP) is 1.78. The van der Waals surface area contributed by atoms with Crippen molar-refractivity contribution in [1.82, 2.24) is 14.5 Å². The fourth-order valence-corrected chi connectivity index (χ4v) is 5.48. The van der Waals surface area contributed by atoms with E-state index in [0.29, 0.717) is 43.4 Å². The number of hydrogen-bond acceptors (Lipinski definition) is 5. The van der Waals surface area contributed by atoms with E-state index in [-0.39, 0.29) is 12.5 Å². The van der Waals surface area contributed by atoms with Crippen molar-refractivity contribution >= 4 is 15.9 Å². The van der Waals surface area contributed by atoms with Crippen molar-refractivity contribution in [2.45, 2.75) is 37.1 Å². The molecule has 4 rings (SSSR count). The van der Waals surface area contributed by atoms with Crippen LogP contribution in [0.3, 0.4) is 0 Å². The smallest absolute Gasteiger partial charge is 0.243 e. The van der Waals surface area contributed by atoms with Crippen LogP contribution >= 0.6 is 0 Å². The van der Waals surface area contributed by atoms with Gasteiger partial charge in [-0.2, -0.15) is 4.31 Å². The molecule has 1 aromatic carbocycles. The number of hydrogen-bond donors (Lipinski definition) is 1. The topological polar surface area (TPSA) is 82.9 Å². The summed E-state index contributed by atoms with van der Waals surface area (Å²) >= 11 is 0. The minimum atomic E-state index is -3.49. The first-order valence-corrected chi connectivity index (χ1v) is 11.6. The second-order valence-corrected chi connectivity index (χ2v) is 9.61. The third-order valence-corrected chi connectivity index (χ3v) is 7.59. The molecule has 2 aliphatic rings. The molecule has 29 heavy (non-hydrogen) atoms. The summed E-state index contributed by atoms with van der Waals surface area (Å²) in [4.78, 5) is 14.5. The highest BCUT2D eigenvalue weighted by Crippen LogP contribution is 2.26. The van der Waals surface area contributed by atoms with Gasteiger partial charge >= 0.3 is 0 Å². The summed E-state index contributed by atoms with van der Waals surface area (Å²) in [5, 5.41) is 2.82. The number of nitrogens with one attached hydrogen (secondary N) is 1. The second kappa shape index (κ2) is 8.69. The van der Waals surface area contributed by atoms with Crippen molar-refractivity contribution in [3.8, 4) is 0 Å². The minimum absolute atomic E-state index is 0.0904. The van der Waals surface area contributed by atoms with Crippen molar-refractivity contribution < 1.29 is 17.6 Å². The number of sulfonamides is 1. The zero-order valence-corrected chi connectivity index (χ0v) is 17.3. The van der Waals surface area contributed by atoms with Crippen LogP contribution in [-0.2, 0) is 34.2 Å². The average Bonchev–Trinajstić information content (AvgIpc) is 3.26. The van der Waals surface area contributed by atoms with E-state index in [1.165, 1.54) is 21.9 Å². The number of furan rings is 1. The average molecular weight is 418 g/mol. The predicted molar refractivity (Wildman–Crippen MR) is 109 cm³/mol. The third-order valence-electron chi connectivity index (χ3n) is 5.70. The zero-order valence-electron chi connectivity index (χ0n) is 16.5. The van der Waals surface area contributed by atoms with Crippen LogP contribution in [0.2, 0.25) is 0 Å². The first-order valence-electron chi connectivity index (χ1n) is 10.2. The number of aryl methyl sites for hydroxylation is 2. The number of rotatable bonds is 6. The molecule has 0 radical (unpaired) electrons. The second-order valence-electron chi connectivity index (χ2n) is 7.67. The lowest BCUT2D eigenvalue weighted by molar-refractivity contribution is -0.122. The highest BCUT2D eigenvalue weighted by atomic mass is 32.2. The lowest BCUT2D eigenvalue weighted by atomic mass is 9.92. The molecule has 0 saturated carbocycles. The number of carbonyl (C=O) groups excluding carboxylic acids is 1. The van der Waals surface area contributed by atoms with Crippen LogP contribution in [0, 0.1) is 0 Å². The van der Waals surface area contributed by atoms with Crippen molar-refractivity contribution in [3.63, 3.8) is 0 Å². The van der Waals surface area contributed by atoms with Crippen LogP contribution in [0.15, 0.2) is 45.9 Å². The molecule has 2 heterocycles. The van der Waals surface area contributed by atoms with Crippen molar-refractivity contribution in [2.24, 2.45) is 0 Å². The van der Waals surface area contributed by atoms with Crippen molar-refractivity contribution in [2.75, 3.05) is 32.7 Å². The summed E-state index contributed by atoms with van der Waals surface area (Å²) in [5.74, 6) is 0.617. The molecule has 0 unspecified atom stereocenters. The van der Waals surface area contributed by atoms with Crippen LogP contribution in [0.25, 0.3) is 0 Å². The number of carbonyl (C=O) groups is 1. The van der Waals surface area contributed by atoms with Crippen LogP contribution in [0.1, 0.15) is 29.7 Å². The van der Waals surface area contributed by atoms with E-state index in [9.17, 15) is 13.2 Å². The Balaban J connectivity index is 1.31. The Morgan fingerprint density at radius 3 is 2.52 bits per heavy atom. The molecular weight excluding hydrogens is 390 g/mol. The fraction of sp³-hybridized carbons (Fsp3) is 0.476. The number of piperazine rings is 1. The summed E-state index contributed by atoms with van der Waals surface area (Å²) in [6.45, 7) is 2.48. The molecular formula is C21H27N3O4S. The minimum Gasteiger partial charge on any atom is -0.467 e. The van der Waals surface area contributed by atoms with E-state index in [1.807, 2.05) is 23.1 Å². The number of nitrogens with zero attached hydrogens (tertiary/aromatic N) is 2. The normalized spacial score (nSPS) is 18.3. The quantitative estimate of drug-likeness (QED) is 0.775. The monoisotopic (exact) mass is 417 g/mol. The van der Waals surface area contributed by atoms with E-state index < -0.39 is 10.0 Å². The molecule has 1 aromatic heterocycles. The Morgan fingerprint density at radius 1 is 1.03 bits per heavy atom. The summed E-state index contributed by atoms with van der Waals surface area (Å²) in [5.41, 5.74) is 2.45. The standard InChI is InChI=1S/C21H27N3O4S/c25-21(22-15-19-6-3-13-28-19)16-23-9-11-24(12-10-23)29(26,27)20-8-7-17-4-1-2-5-18(17)14-20/h3,6-8,13-14H,1-2,4-5,9-12,15-16H2,(H,22,25). The van der Waals surface area contributed by atoms with Gasteiger partial charge in [0.15, 0.2) is 0 Å². The van der Waals surface area contributed by atoms with Gasteiger partial charge < -0.3 is 9.73 Å². The Hall–Kier alpha value is -2.16. The molecule has 1 fully saturated rings. The van der Waals surface area contributed by atoms with Crippen molar-refractivity contribution in [1.29, 1.82) is 0 Å². The molecule has 0 spiro atoms. The van der Waals surface area contributed by atoms with Gasteiger partial charge in [-0.25, -0.2) is 8.42 Å². The summed E-state index contributed by atoms with van der Waals surface area (Å²) in [6, 6.07) is 9.17. The maximum atomic E-state index is 13.1. The van der Waals surface area contributed by atoms with Gasteiger partial charge in [0, 0.05) is 26.2 Å². The van der Waals surface area contributed by atoms with Gasteiger partial charge in [-0.3, -0.25) is 9.69 Å². The van der Waals surface area contributed by atoms with Gasteiger partial charge in [0.1, 0.15) is 5.76 Å². The van der Waals surface area contributed by atoms with Gasteiger partial charge in [-0.05, 0) is 61.1 Å². The van der Waals surface area contributed by atoms with E-state index in [4.69, 9.17) is 4.42 Å². The molecule has 0 bridgehead atoms. The lowest BCUT2D eigenvalue weighted by Gasteiger charge is -2.33. The summed E-state index contributed by atoms with van der Waals surface area (Å²) in [7, 11) is -3.49. The Labute approximate surface area is 171 Å². The Bertz CT molecular complexity index is 948. The molecule has 1 saturated heterocycles. The Kier molecular flexibility index (Phi) is 6.03. The largest absolute Gasteiger partial charge is 0.467 e.